The fourth-order valence-electron chi connectivity index (χ4n) is 3.93. The molecular weight excluding hydrogens is 314 g/mol. The minimum absolute atomic E-state index is 0.355. The predicted octanol–water partition coefficient (Wildman–Crippen LogP) is 2.79. The minimum atomic E-state index is -0.355. The van der Waals surface area contributed by atoms with Crippen molar-refractivity contribution in [3.8, 4) is 5.69 Å². The topological polar surface area (TPSA) is 67.1 Å². The number of aromatic nitrogens is 4. The van der Waals surface area contributed by atoms with Gasteiger partial charge in [0.15, 0.2) is 5.82 Å². The van der Waals surface area contributed by atoms with Crippen LogP contribution in [-0.4, -0.2) is 48.9 Å². The van der Waals surface area contributed by atoms with Gasteiger partial charge in [0.05, 0.1) is 18.3 Å². The maximum Gasteiger partial charge on any atom is 0.170 e. The van der Waals surface area contributed by atoms with Gasteiger partial charge < -0.3 is 5.11 Å². The maximum absolute atomic E-state index is 9.96. The van der Waals surface area contributed by atoms with Crippen LogP contribution in [0.2, 0.25) is 0 Å². The Morgan fingerprint density at radius 1 is 1.20 bits per heavy atom. The molecule has 0 aliphatic heterocycles. The van der Waals surface area contributed by atoms with Gasteiger partial charge >= 0.3 is 0 Å². The van der Waals surface area contributed by atoms with Crippen molar-refractivity contribution < 1.29 is 5.11 Å². The van der Waals surface area contributed by atoms with Crippen molar-refractivity contribution in [2.75, 3.05) is 6.54 Å². The van der Waals surface area contributed by atoms with E-state index in [2.05, 4.69) is 52.5 Å². The Morgan fingerprint density at radius 3 is 2.52 bits per heavy atom. The third-order valence-corrected chi connectivity index (χ3v) is 5.12. The lowest BCUT2D eigenvalue weighted by Gasteiger charge is -2.34. The van der Waals surface area contributed by atoms with Crippen LogP contribution < -0.4 is 0 Å². The van der Waals surface area contributed by atoms with E-state index >= 15 is 0 Å². The van der Waals surface area contributed by atoms with Crippen molar-refractivity contribution in [1.82, 2.24) is 25.1 Å². The number of aliphatic hydroxyl groups excluding tert-OH is 1. The molecule has 1 aliphatic rings. The highest BCUT2D eigenvalue weighted by molar-refractivity contribution is 5.46. The summed E-state index contributed by atoms with van der Waals surface area (Å²) in [7, 11) is 0. The summed E-state index contributed by atoms with van der Waals surface area (Å²) < 4.78 is 1.86. The minimum Gasteiger partial charge on any atom is -0.392 e. The average molecular weight is 343 g/mol. The fourth-order valence-corrected chi connectivity index (χ4v) is 3.93. The normalized spacial score (nSPS) is 17.2. The van der Waals surface area contributed by atoms with Crippen LogP contribution in [0.25, 0.3) is 5.69 Å². The van der Waals surface area contributed by atoms with Gasteiger partial charge in [-0.25, -0.2) is 0 Å². The van der Waals surface area contributed by atoms with E-state index < -0.39 is 0 Å². The molecule has 1 fully saturated rings. The first kappa shape index (κ1) is 18.0. The fraction of sp³-hybridized carbons (Fsp3) is 0.632. The van der Waals surface area contributed by atoms with Crippen molar-refractivity contribution in [2.45, 2.75) is 71.6 Å². The number of tetrazole rings is 1. The van der Waals surface area contributed by atoms with E-state index in [-0.39, 0.29) is 6.10 Å². The van der Waals surface area contributed by atoms with Crippen LogP contribution >= 0.6 is 0 Å². The molecule has 1 aromatic heterocycles. The highest BCUT2D eigenvalue weighted by Gasteiger charge is 2.25. The molecule has 0 amide bonds. The number of aliphatic hydroxyl groups is 1. The van der Waals surface area contributed by atoms with E-state index in [1.54, 1.807) is 0 Å². The quantitative estimate of drug-likeness (QED) is 0.873. The van der Waals surface area contributed by atoms with E-state index in [9.17, 15) is 5.11 Å². The third kappa shape index (κ3) is 4.25. The summed E-state index contributed by atoms with van der Waals surface area (Å²) in [5.41, 5.74) is 3.38. The Morgan fingerprint density at radius 2 is 1.88 bits per heavy atom. The standard InChI is InChI=1S/C19H29N5O/c1-14-8-7-9-15(2)19(14)24-18(20-21-22-24)13-23(12-16(3)25)17-10-5-4-6-11-17/h7-9,16-17,25H,4-6,10-13H2,1-3H3. The second-order valence-electron chi connectivity index (χ2n) is 7.32. The first-order valence-electron chi connectivity index (χ1n) is 9.32. The lowest BCUT2D eigenvalue weighted by Crippen LogP contribution is -2.41. The molecule has 136 valence electrons. The summed E-state index contributed by atoms with van der Waals surface area (Å²) in [6.45, 7) is 7.34. The van der Waals surface area contributed by atoms with Crippen molar-refractivity contribution in [3.63, 3.8) is 0 Å². The maximum atomic E-state index is 9.96. The molecule has 1 aromatic carbocycles. The molecule has 3 rings (SSSR count). The van der Waals surface area contributed by atoms with E-state index in [0.29, 0.717) is 19.1 Å². The zero-order valence-corrected chi connectivity index (χ0v) is 15.5. The number of hydrogen-bond acceptors (Lipinski definition) is 5. The molecule has 0 radical (unpaired) electrons. The van der Waals surface area contributed by atoms with Crippen LogP contribution in [0.4, 0.5) is 0 Å². The van der Waals surface area contributed by atoms with Gasteiger partial charge in [-0.2, -0.15) is 4.68 Å². The van der Waals surface area contributed by atoms with Gasteiger partial charge in [0.2, 0.25) is 0 Å². The highest BCUT2D eigenvalue weighted by atomic mass is 16.3. The number of nitrogens with zero attached hydrogens (tertiary/aromatic N) is 5. The number of para-hydroxylation sites is 1. The van der Waals surface area contributed by atoms with E-state index in [1.807, 2.05) is 11.6 Å². The molecule has 1 atom stereocenters. The van der Waals surface area contributed by atoms with E-state index in [1.165, 1.54) is 32.1 Å². The van der Waals surface area contributed by atoms with Crippen molar-refractivity contribution in [1.29, 1.82) is 0 Å². The largest absolute Gasteiger partial charge is 0.392 e. The molecule has 6 nitrogen and oxygen atoms in total. The Bertz CT molecular complexity index is 671. The smallest absolute Gasteiger partial charge is 0.170 e. The van der Waals surface area contributed by atoms with Gasteiger partial charge in [0.25, 0.3) is 0 Å². The Hall–Kier alpha value is -1.79. The van der Waals surface area contributed by atoms with Crippen LogP contribution in [-0.2, 0) is 6.54 Å². The summed E-state index contributed by atoms with van der Waals surface area (Å²) in [4.78, 5) is 2.36. The van der Waals surface area contributed by atoms with Gasteiger partial charge in [-0.3, -0.25) is 4.90 Å². The molecule has 25 heavy (non-hydrogen) atoms. The summed E-state index contributed by atoms with van der Waals surface area (Å²) in [5, 5.41) is 22.4. The molecule has 1 unspecified atom stereocenters. The van der Waals surface area contributed by atoms with Crippen LogP contribution in [0.15, 0.2) is 18.2 Å². The molecule has 6 heteroatoms. The molecule has 1 N–H and O–H groups in total. The summed E-state index contributed by atoms with van der Waals surface area (Å²) in [6.07, 6.45) is 5.88. The predicted molar refractivity (Wildman–Crippen MR) is 97.6 cm³/mol. The monoisotopic (exact) mass is 343 g/mol. The number of aryl methyl sites for hydroxylation is 2. The van der Waals surface area contributed by atoms with Crippen molar-refractivity contribution >= 4 is 0 Å². The Balaban J connectivity index is 1.87. The molecule has 0 bridgehead atoms. The molecule has 2 aromatic rings. The van der Waals surface area contributed by atoms with E-state index in [4.69, 9.17) is 0 Å². The summed E-state index contributed by atoms with van der Waals surface area (Å²) >= 11 is 0. The lowest BCUT2D eigenvalue weighted by atomic mass is 9.94. The first-order valence-corrected chi connectivity index (χ1v) is 9.32. The van der Waals surface area contributed by atoms with Crippen molar-refractivity contribution in [2.24, 2.45) is 0 Å². The SMILES string of the molecule is Cc1cccc(C)c1-n1nnnc1CN(CC(C)O)C1CCCCC1. The molecular formula is C19H29N5O. The van der Waals surface area contributed by atoms with Gasteiger partial charge in [-0.1, -0.05) is 37.5 Å². The second kappa shape index (κ2) is 8.06. The number of benzene rings is 1. The van der Waals surface area contributed by atoms with Gasteiger partial charge in [0, 0.05) is 12.6 Å². The van der Waals surface area contributed by atoms with Crippen LogP contribution in [0.5, 0.6) is 0 Å². The zero-order valence-electron chi connectivity index (χ0n) is 15.5. The van der Waals surface area contributed by atoms with Crippen molar-refractivity contribution in [3.05, 3.63) is 35.2 Å². The van der Waals surface area contributed by atoms with E-state index in [0.717, 1.165) is 22.6 Å². The summed E-state index contributed by atoms with van der Waals surface area (Å²) in [5.74, 6) is 0.837. The Kier molecular flexibility index (Phi) is 5.81. The number of rotatable bonds is 6. The van der Waals surface area contributed by atoms with Gasteiger partial charge in [-0.05, 0) is 55.2 Å². The second-order valence-corrected chi connectivity index (χ2v) is 7.32. The van der Waals surface area contributed by atoms with Crippen LogP contribution in [0, 0.1) is 13.8 Å². The van der Waals surface area contributed by atoms with Crippen LogP contribution in [0.3, 0.4) is 0 Å². The molecule has 0 saturated heterocycles. The average Bonchev–Trinajstić information content (AvgIpc) is 3.02. The lowest BCUT2D eigenvalue weighted by molar-refractivity contribution is 0.0744. The van der Waals surface area contributed by atoms with Gasteiger partial charge in [0.1, 0.15) is 0 Å². The highest BCUT2D eigenvalue weighted by Crippen LogP contribution is 2.25. The number of hydrogen-bond donors (Lipinski definition) is 1. The molecule has 1 heterocycles. The molecule has 1 saturated carbocycles. The zero-order chi connectivity index (χ0) is 17.8. The molecule has 1 aliphatic carbocycles. The summed E-state index contributed by atoms with van der Waals surface area (Å²) in [6, 6.07) is 6.73. The van der Waals surface area contributed by atoms with Crippen LogP contribution in [0.1, 0.15) is 56.0 Å². The van der Waals surface area contributed by atoms with Gasteiger partial charge in [-0.15, -0.1) is 5.10 Å². The third-order valence-electron chi connectivity index (χ3n) is 5.12. The Labute approximate surface area is 149 Å². The first-order chi connectivity index (χ1) is 12.1. The molecule has 0 spiro atoms.